The predicted molar refractivity (Wildman–Crippen MR) is 156 cm³/mol. The Balaban J connectivity index is 1.11. The number of piperazine rings is 1. The standard InChI is InChI=1S/C31H33N7O2/c1-37-8-10-38(11-9-37)18-24-14-22(6-7-33-24)34-31(40)29-25-13-20(4-5-27(25)36-28-15-26(28)29)21-12-23(17-32-16-21)35-30(39)19-2-3-19/h4-7,12-14,16-17,19,28,36H,2-3,8-11,15,18H2,1H3,(H,35,39)(H,33,34,40). The molecule has 2 saturated carbocycles. The second-order valence-corrected chi connectivity index (χ2v) is 11.4. The number of anilines is 3. The number of hydrogen-bond donors (Lipinski definition) is 3. The van der Waals surface area contributed by atoms with Gasteiger partial charge in [0.2, 0.25) is 5.91 Å². The van der Waals surface area contributed by atoms with Crippen LogP contribution >= 0.6 is 0 Å². The molecule has 4 aliphatic rings. The lowest BCUT2D eigenvalue weighted by molar-refractivity contribution is -0.117. The van der Waals surface area contributed by atoms with Crippen LogP contribution in [0, 0.1) is 5.92 Å². The van der Waals surface area contributed by atoms with Gasteiger partial charge in [-0.2, -0.15) is 0 Å². The number of carbonyl (C=O) groups excluding carboxylic acids is 2. The number of aromatic nitrogens is 2. The number of benzene rings is 1. The van der Waals surface area contributed by atoms with Crippen LogP contribution in [-0.2, 0) is 16.1 Å². The monoisotopic (exact) mass is 535 g/mol. The lowest BCUT2D eigenvalue weighted by Gasteiger charge is -2.32. The van der Waals surface area contributed by atoms with Gasteiger partial charge >= 0.3 is 0 Å². The molecular formula is C31H33N7O2. The fourth-order valence-electron chi connectivity index (χ4n) is 5.59. The van der Waals surface area contributed by atoms with Crippen molar-refractivity contribution < 1.29 is 9.59 Å². The Morgan fingerprint density at radius 1 is 0.975 bits per heavy atom. The van der Waals surface area contributed by atoms with E-state index in [1.54, 1.807) is 18.6 Å². The molecule has 7 rings (SSSR count). The van der Waals surface area contributed by atoms with Crippen LogP contribution in [0.4, 0.5) is 17.1 Å². The summed E-state index contributed by atoms with van der Waals surface area (Å²) in [6, 6.07) is 12.1. The minimum absolute atomic E-state index is 0.0554. The zero-order chi connectivity index (χ0) is 27.2. The summed E-state index contributed by atoms with van der Waals surface area (Å²) in [5.41, 5.74) is 7.96. The number of nitrogens with zero attached hydrogens (tertiary/aromatic N) is 4. The first-order valence-electron chi connectivity index (χ1n) is 14.1. The number of pyridine rings is 2. The summed E-state index contributed by atoms with van der Waals surface area (Å²) < 4.78 is 0. The average molecular weight is 536 g/mol. The molecule has 1 unspecified atom stereocenters. The van der Waals surface area contributed by atoms with E-state index in [1.165, 1.54) is 0 Å². The molecule has 9 heteroatoms. The summed E-state index contributed by atoms with van der Waals surface area (Å²) >= 11 is 0. The van der Waals surface area contributed by atoms with Gasteiger partial charge in [0.25, 0.3) is 5.91 Å². The third-order valence-electron chi connectivity index (χ3n) is 8.19. The van der Waals surface area contributed by atoms with Crippen molar-refractivity contribution in [2.45, 2.75) is 31.8 Å². The van der Waals surface area contributed by atoms with Gasteiger partial charge in [0.05, 0.1) is 29.2 Å². The fraction of sp³-hybridized carbons (Fsp3) is 0.355. The van der Waals surface area contributed by atoms with Gasteiger partial charge in [-0.1, -0.05) is 6.07 Å². The molecule has 3 fully saturated rings. The van der Waals surface area contributed by atoms with E-state index in [2.05, 4.69) is 42.8 Å². The van der Waals surface area contributed by atoms with Gasteiger partial charge in [-0.25, -0.2) is 0 Å². The van der Waals surface area contributed by atoms with Crippen molar-refractivity contribution >= 4 is 34.4 Å². The first-order chi connectivity index (χ1) is 19.5. The summed E-state index contributed by atoms with van der Waals surface area (Å²) in [5, 5.41) is 9.67. The van der Waals surface area contributed by atoms with Gasteiger partial charge < -0.3 is 20.9 Å². The summed E-state index contributed by atoms with van der Waals surface area (Å²) in [4.78, 5) is 39.6. The smallest absolute Gasteiger partial charge is 0.256 e. The lowest BCUT2D eigenvalue weighted by Crippen LogP contribution is -2.44. The number of hydrogen-bond acceptors (Lipinski definition) is 7. The maximum absolute atomic E-state index is 13.7. The Labute approximate surface area is 233 Å². The van der Waals surface area contributed by atoms with Crippen LogP contribution in [0.5, 0.6) is 0 Å². The van der Waals surface area contributed by atoms with Gasteiger partial charge in [0.1, 0.15) is 0 Å². The van der Waals surface area contributed by atoms with Crippen molar-refractivity contribution in [3.05, 3.63) is 71.8 Å². The Morgan fingerprint density at radius 2 is 1.82 bits per heavy atom. The van der Waals surface area contributed by atoms with Crippen molar-refractivity contribution in [1.29, 1.82) is 0 Å². The van der Waals surface area contributed by atoms with E-state index in [0.29, 0.717) is 5.69 Å². The molecule has 40 heavy (non-hydrogen) atoms. The number of fused-ring (bicyclic) bond motifs is 2. The zero-order valence-electron chi connectivity index (χ0n) is 22.6. The molecule has 2 aromatic heterocycles. The Morgan fingerprint density at radius 3 is 2.65 bits per heavy atom. The molecule has 3 N–H and O–H groups in total. The van der Waals surface area contributed by atoms with Crippen LogP contribution in [0.3, 0.4) is 0 Å². The van der Waals surface area contributed by atoms with Gasteiger partial charge in [-0.15, -0.1) is 0 Å². The van der Waals surface area contributed by atoms with E-state index in [-0.39, 0.29) is 23.8 Å². The van der Waals surface area contributed by atoms with E-state index in [1.807, 2.05) is 36.4 Å². The number of amides is 2. The number of nitrogens with one attached hydrogen (secondary N) is 3. The number of carbonyl (C=O) groups is 2. The Kier molecular flexibility index (Phi) is 6.32. The fourth-order valence-corrected chi connectivity index (χ4v) is 5.59. The predicted octanol–water partition coefficient (Wildman–Crippen LogP) is 3.83. The molecule has 1 saturated heterocycles. The summed E-state index contributed by atoms with van der Waals surface area (Å²) in [6.45, 7) is 4.92. The van der Waals surface area contributed by atoms with Gasteiger partial charge in [0, 0.05) is 73.5 Å². The van der Waals surface area contributed by atoms with E-state index < -0.39 is 0 Å². The maximum atomic E-state index is 13.7. The molecule has 0 spiro atoms. The zero-order valence-corrected chi connectivity index (χ0v) is 22.6. The van der Waals surface area contributed by atoms with Crippen LogP contribution in [0.25, 0.3) is 16.7 Å². The Bertz CT molecular complexity index is 1520. The summed E-state index contributed by atoms with van der Waals surface area (Å²) in [7, 11) is 2.15. The second kappa shape index (κ2) is 10.1. The number of likely N-dealkylation sites (N-methyl/N-ethyl adjacent to an activating group) is 1. The number of rotatable bonds is 7. The maximum Gasteiger partial charge on any atom is 0.256 e. The van der Waals surface area contributed by atoms with E-state index in [0.717, 1.165) is 96.9 Å². The SMILES string of the molecule is CN1CCN(Cc2cc(NC(=O)C3=C4CC4Nc4ccc(-c5cncc(NC(=O)C6CC6)c5)cc43)ccn2)CC1. The van der Waals surface area contributed by atoms with Crippen LogP contribution in [0.1, 0.15) is 30.5 Å². The molecule has 4 heterocycles. The normalized spacial score (nSPS) is 20.3. The lowest BCUT2D eigenvalue weighted by atomic mass is 9.95. The summed E-state index contributed by atoms with van der Waals surface area (Å²) in [6.07, 6.45) is 8.00. The minimum Gasteiger partial charge on any atom is -0.378 e. The summed E-state index contributed by atoms with van der Waals surface area (Å²) in [5.74, 6) is 0.0819. The molecule has 9 nitrogen and oxygen atoms in total. The molecule has 1 atom stereocenters. The molecule has 0 radical (unpaired) electrons. The average Bonchev–Trinajstić information content (AvgIpc) is 3.88. The van der Waals surface area contributed by atoms with E-state index in [4.69, 9.17) is 0 Å². The third kappa shape index (κ3) is 5.22. The molecule has 1 aromatic carbocycles. The molecule has 2 amide bonds. The molecule has 0 bridgehead atoms. The van der Waals surface area contributed by atoms with E-state index in [9.17, 15) is 9.59 Å². The van der Waals surface area contributed by atoms with Gasteiger partial charge in [-0.05, 0) is 67.8 Å². The molecule has 2 aliphatic heterocycles. The minimum atomic E-state index is -0.0993. The largest absolute Gasteiger partial charge is 0.378 e. The topological polar surface area (TPSA) is 102 Å². The van der Waals surface area contributed by atoms with Crippen molar-refractivity contribution in [2.75, 3.05) is 49.2 Å². The quantitative estimate of drug-likeness (QED) is 0.423. The highest BCUT2D eigenvalue weighted by Gasteiger charge is 2.40. The first-order valence-corrected chi connectivity index (χ1v) is 14.1. The first kappa shape index (κ1) is 24.9. The third-order valence-corrected chi connectivity index (χ3v) is 8.19. The van der Waals surface area contributed by atoms with Crippen LogP contribution in [0.15, 0.2) is 60.6 Å². The van der Waals surface area contributed by atoms with Crippen LogP contribution in [0.2, 0.25) is 0 Å². The molecule has 204 valence electrons. The van der Waals surface area contributed by atoms with Gasteiger partial charge in [0.15, 0.2) is 0 Å². The van der Waals surface area contributed by atoms with E-state index >= 15 is 0 Å². The van der Waals surface area contributed by atoms with Crippen LogP contribution < -0.4 is 16.0 Å². The highest BCUT2D eigenvalue weighted by molar-refractivity contribution is 6.29. The highest BCUT2D eigenvalue weighted by atomic mass is 16.2. The molecule has 2 aliphatic carbocycles. The molecular weight excluding hydrogens is 502 g/mol. The van der Waals surface area contributed by atoms with Gasteiger partial charge in [-0.3, -0.25) is 24.5 Å². The molecule has 3 aromatic rings. The second-order valence-electron chi connectivity index (χ2n) is 11.4. The van der Waals surface area contributed by atoms with Crippen molar-refractivity contribution in [1.82, 2.24) is 19.8 Å². The van der Waals surface area contributed by atoms with Crippen molar-refractivity contribution in [3.63, 3.8) is 0 Å². The van der Waals surface area contributed by atoms with Crippen molar-refractivity contribution in [3.8, 4) is 11.1 Å². The highest BCUT2D eigenvalue weighted by Crippen LogP contribution is 2.47. The Hall–Kier alpha value is -4.08. The van der Waals surface area contributed by atoms with Crippen molar-refractivity contribution in [2.24, 2.45) is 5.92 Å². The van der Waals surface area contributed by atoms with Crippen LogP contribution in [-0.4, -0.2) is 70.9 Å².